The van der Waals surface area contributed by atoms with Gasteiger partial charge in [-0.1, -0.05) is 31.9 Å². The molecule has 100 valence electrons. The number of unbranched alkanes of at least 4 members (excludes halogenated alkanes) is 2. The summed E-state index contributed by atoms with van der Waals surface area (Å²) < 4.78 is 0. The van der Waals surface area contributed by atoms with E-state index in [1.54, 1.807) is 31.2 Å². The highest BCUT2D eigenvalue weighted by atomic mass is 16.3. The molecule has 0 radical (unpaired) electrons. The summed E-state index contributed by atoms with van der Waals surface area (Å²) in [6.45, 7) is 4.54. The van der Waals surface area contributed by atoms with E-state index in [-0.39, 0.29) is 6.03 Å². The third-order valence-electron chi connectivity index (χ3n) is 2.72. The SMILES string of the molecule is CCCCCNC(=O)Nc1ccc(C(C)O)cc1. The van der Waals surface area contributed by atoms with Gasteiger partial charge in [0.2, 0.25) is 0 Å². The number of hydrogen-bond donors (Lipinski definition) is 3. The van der Waals surface area contributed by atoms with Crippen LogP contribution in [-0.4, -0.2) is 17.7 Å². The van der Waals surface area contributed by atoms with Gasteiger partial charge in [-0.3, -0.25) is 0 Å². The Morgan fingerprint density at radius 1 is 1.28 bits per heavy atom. The van der Waals surface area contributed by atoms with Crippen molar-refractivity contribution in [2.45, 2.75) is 39.2 Å². The maximum absolute atomic E-state index is 11.5. The average molecular weight is 250 g/mol. The molecule has 4 heteroatoms. The van der Waals surface area contributed by atoms with Crippen LogP contribution in [0.25, 0.3) is 0 Å². The Kier molecular flexibility index (Phi) is 6.22. The second kappa shape index (κ2) is 7.71. The molecular formula is C14H22N2O2. The third-order valence-corrected chi connectivity index (χ3v) is 2.72. The summed E-state index contributed by atoms with van der Waals surface area (Å²) in [5.74, 6) is 0. The molecule has 3 N–H and O–H groups in total. The monoisotopic (exact) mass is 250 g/mol. The number of amides is 2. The number of benzene rings is 1. The molecule has 4 nitrogen and oxygen atoms in total. The smallest absolute Gasteiger partial charge is 0.319 e. The summed E-state index contributed by atoms with van der Waals surface area (Å²) in [7, 11) is 0. The maximum atomic E-state index is 11.5. The van der Waals surface area contributed by atoms with Gasteiger partial charge >= 0.3 is 6.03 Å². The normalized spacial score (nSPS) is 11.9. The highest BCUT2D eigenvalue weighted by Crippen LogP contribution is 2.15. The first-order valence-corrected chi connectivity index (χ1v) is 6.46. The molecule has 1 unspecified atom stereocenters. The Labute approximate surface area is 108 Å². The van der Waals surface area contributed by atoms with Crippen molar-refractivity contribution in [3.05, 3.63) is 29.8 Å². The van der Waals surface area contributed by atoms with E-state index in [4.69, 9.17) is 0 Å². The molecule has 1 aromatic carbocycles. The van der Waals surface area contributed by atoms with E-state index in [0.717, 1.165) is 30.5 Å². The molecule has 0 bridgehead atoms. The molecule has 0 heterocycles. The summed E-state index contributed by atoms with van der Waals surface area (Å²) >= 11 is 0. The van der Waals surface area contributed by atoms with Crippen LogP contribution in [0.2, 0.25) is 0 Å². The maximum Gasteiger partial charge on any atom is 0.319 e. The lowest BCUT2D eigenvalue weighted by atomic mass is 10.1. The van der Waals surface area contributed by atoms with Gasteiger partial charge < -0.3 is 15.7 Å². The topological polar surface area (TPSA) is 61.4 Å². The Bertz CT molecular complexity index is 361. The Hall–Kier alpha value is -1.55. The number of carbonyl (C=O) groups excluding carboxylic acids is 1. The van der Waals surface area contributed by atoms with Crippen molar-refractivity contribution in [2.75, 3.05) is 11.9 Å². The Balaban J connectivity index is 2.35. The van der Waals surface area contributed by atoms with E-state index >= 15 is 0 Å². The summed E-state index contributed by atoms with van der Waals surface area (Å²) in [6, 6.07) is 6.99. The molecule has 0 spiro atoms. The highest BCUT2D eigenvalue weighted by Gasteiger charge is 2.03. The third kappa shape index (κ3) is 5.19. The van der Waals surface area contributed by atoms with Gasteiger partial charge in [0, 0.05) is 12.2 Å². The summed E-state index contributed by atoms with van der Waals surface area (Å²) in [5, 5.41) is 14.9. The van der Waals surface area contributed by atoms with Crippen LogP contribution in [0.4, 0.5) is 10.5 Å². The van der Waals surface area contributed by atoms with E-state index in [2.05, 4.69) is 17.6 Å². The largest absolute Gasteiger partial charge is 0.389 e. The molecule has 0 aliphatic rings. The summed E-state index contributed by atoms with van der Waals surface area (Å²) in [4.78, 5) is 11.5. The van der Waals surface area contributed by atoms with Crippen LogP contribution < -0.4 is 10.6 Å². The molecule has 18 heavy (non-hydrogen) atoms. The van der Waals surface area contributed by atoms with Crippen LogP contribution in [0.15, 0.2) is 24.3 Å². The lowest BCUT2D eigenvalue weighted by molar-refractivity contribution is 0.199. The van der Waals surface area contributed by atoms with Gasteiger partial charge in [0.25, 0.3) is 0 Å². The first-order valence-electron chi connectivity index (χ1n) is 6.46. The van der Waals surface area contributed by atoms with E-state index in [1.165, 1.54) is 0 Å². The second-order valence-corrected chi connectivity index (χ2v) is 4.39. The number of rotatable bonds is 6. The predicted octanol–water partition coefficient (Wildman–Crippen LogP) is 3.05. The minimum atomic E-state index is -0.484. The second-order valence-electron chi connectivity index (χ2n) is 4.39. The molecule has 0 fully saturated rings. The molecule has 0 saturated carbocycles. The van der Waals surface area contributed by atoms with Gasteiger partial charge in [0.05, 0.1) is 6.10 Å². The van der Waals surface area contributed by atoms with Crippen LogP contribution in [-0.2, 0) is 0 Å². The molecular weight excluding hydrogens is 228 g/mol. The van der Waals surface area contributed by atoms with Crippen LogP contribution in [0.1, 0.15) is 44.8 Å². The molecule has 2 amide bonds. The van der Waals surface area contributed by atoms with E-state index in [0.29, 0.717) is 6.54 Å². The number of carbonyl (C=O) groups is 1. The lowest BCUT2D eigenvalue weighted by Crippen LogP contribution is -2.29. The zero-order valence-electron chi connectivity index (χ0n) is 11.1. The number of urea groups is 1. The van der Waals surface area contributed by atoms with E-state index < -0.39 is 6.10 Å². The van der Waals surface area contributed by atoms with Gasteiger partial charge in [0.15, 0.2) is 0 Å². The molecule has 0 aliphatic heterocycles. The van der Waals surface area contributed by atoms with Gasteiger partial charge in [-0.2, -0.15) is 0 Å². The Morgan fingerprint density at radius 3 is 2.50 bits per heavy atom. The van der Waals surface area contributed by atoms with Gasteiger partial charge in [0.1, 0.15) is 0 Å². The van der Waals surface area contributed by atoms with Crippen molar-refractivity contribution in [3.8, 4) is 0 Å². The zero-order chi connectivity index (χ0) is 13.4. The molecule has 0 aliphatic carbocycles. The minimum absolute atomic E-state index is 0.184. The quantitative estimate of drug-likeness (QED) is 0.679. The summed E-state index contributed by atoms with van der Waals surface area (Å²) in [5.41, 5.74) is 1.57. The number of anilines is 1. The van der Waals surface area contributed by atoms with Crippen molar-refractivity contribution in [1.29, 1.82) is 0 Å². The molecule has 0 aromatic heterocycles. The van der Waals surface area contributed by atoms with Crippen molar-refractivity contribution in [2.24, 2.45) is 0 Å². The van der Waals surface area contributed by atoms with Gasteiger partial charge in [-0.25, -0.2) is 4.79 Å². The molecule has 1 aromatic rings. The predicted molar refractivity (Wildman–Crippen MR) is 73.6 cm³/mol. The van der Waals surface area contributed by atoms with Crippen LogP contribution in [0.3, 0.4) is 0 Å². The van der Waals surface area contributed by atoms with Crippen molar-refractivity contribution in [3.63, 3.8) is 0 Å². The standard InChI is InChI=1S/C14H22N2O2/c1-3-4-5-10-15-14(18)16-13-8-6-12(7-9-13)11(2)17/h6-9,11,17H,3-5,10H2,1-2H3,(H2,15,16,18). The van der Waals surface area contributed by atoms with Gasteiger partial charge in [-0.05, 0) is 31.0 Å². The van der Waals surface area contributed by atoms with Crippen molar-refractivity contribution >= 4 is 11.7 Å². The molecule has 1 rings (SSSR count). The fourth-order valence-electron chi connectivity index (χ4n) is 1.60. The molecule has 1 atom stereocenters. The minimum Gasteiger partial charge on any atom is -0.389 e. The number of nitrogens with one attached hydrogen (secondary N) is 2. The zero-order valence-corrected chi connectivity index (χ0v) is 11.1. The molecule has 0 saturated heterocycles. The highest BCUT2D eigenvalue weighted by molar-refractivity contribution is 5.89. The van der Waals surface area contributed by atoms with Crippen LogP contribution in [0, 0.1) is 0 Å². The Morgan fingerprint density at radius 2 is 1.94 bits per heavy atom. The number of aliphatic hydroxyl groups is 1. The summed E-state index contributed by atoms with van der Waals surface area (Å²) in [6.07, 6.45) is 2.79. The number of hydrogen-bond acceptors (Lipinski definition) is 2. The number of aliphatic hydroxyl groups excluding tert-OH is 1. The first kappa shape index (κ1) is 14.5. The van der Waals surface area contributed by atoms with Crippen molar-refractivity contribution in [1.82, 2.24) is 5.32 Å². The van der Waals surface area contributed by atoms with Gasteiger partial charge in [-0.15, -0.1) is 0 Å². The van der Waals surface area contributed by atoms with E-state index in [9.17, 15) is 9.90 Å². The fourth-order valence-corrected chi connectivity index (χ4v) is 1.60. The van der Waals surface area contributed by atoms with E-state index in [1.807, 2.05) is 0 Å². The average Bonchev–Trinajstić information content (AvgIpc) is 2.35. The fraction of sp³-hybridized carbons (Fsp3) is 0.500. The van der Waals surface area contributed by atoms with Crippen LogP contribution in [0.5, 0.6) is 0 Å². The van der Waals surface area contributed by atoms with Crippen molar-refractivity contribution < 1.29 is 9.90 Å². The lowest BCUT2D eigenvalue weighted by Gasteiger charge is -2.09. The van der Waals surface area contributed by atoms with Crippen LogP contribution >= 0.6 is 0 Å². The first-order chi connectivity index (χ1) is 8.63.